The molecule has 1 aliphatic heterocycles. The third kappa shape index (κ3) is 5.05. The van der Waals surface area contributed by atoms with E-state index < -0.39 is 0 Å². The van der Waals surface area contributed by atoms with Crippen LogP contribution in [0.3, 0.4) is 0 Å². The minimum atomic E-state index is 0.0280. The van der Waals surface area contributed by atoms with E-state index in [4.69, 9.17) is 0 Å². The van der Waals surface area contributed by atoms with Gasteiger partial charge in [-0.1, -0.05) is 24.3 Å². The number of carbonyl (C=O) groups is 1. The van der Waals surface area contributed by atoms with Crippen molar-refractivity contribution in [1.82, 2.24) is 15.1 Å². The van der Waals surface area contributed by atoms with Crippen molar-refractivity contribution in [2.24, 2.45) is 0 Å². The van der Waals surface area contributed by atoms with Crippen LogP contribution in [0.4, 0.5) is 0 Å². The molecule has 3 rings (SSSR count). The van der Waals surface area contributed by atoms with Crippen LogP contribution in [-0.2, 0) is 11.2 Å². The number of hydrogen-bond acceptors (Lipinski definition) is 3. The first-order valence-electron chi connectivity index (χ1n) is 9.76. The highest BCUT2D eigenvalue weighted by Crippen LogP contribution is 2.39. The molecule has 1 aromatic rings. The zero-order valence-electron chi connectivity index (χ0n) is 16.1. The molecule has 0 spiro atoms. The van der Waals surface area contributed by atoms with Gasteiger partial charge < -0.3 is 10.2 Å². The molecule has 0 radical (unpaired) electrons. The Morgan fingerprint density at radius 1 is 1.20 bits per heavy atom. The predicted octanol–water partition coefficient (Wildman–Crippen LogP) is 2.60. The van der Waals surface area contributed by atoms with Crippen molar-refractivity contribution in [1.29, 1.82) is 0 Å². The van der Waals surface area contributed by atoms with E-state index >= 15 is 0 Å². The predicted molar refractivity (Wildman–Crippen MR) is 103 cm³/mol. The van der Waals surface area contributed by atoms with Crippen molar-refractivity contribution in [3.05, 3.63) is 35.4 Å². The first-order chi connectivity index (χ1) is 12.0. The van der Waals surface area contributed by atoms with Crippen LogP contribution < -0.4 is 5.32 Å². The van der Waals surface area contributed by atoms with Gasteiger partial charge in [-0.25, -0.2) is 0 Å². The maximum atomic E-state index is 12.5. The molecule has 1 aliphatic carbocycles. The number of carbonyl (C=O) groups excluding carboxylic acids is 1. The van der Waals surface area contributed by atoms with E-state index in [2.05, 4.69) is 60.3 Å². The second-order valence-electron chi connectivity index (χ2n) is 8.16. The molecule has 2 fully saturated rings. The molecule has 1 saturated carbocycles. The van der Waals surface area contributed by atoms with E-state index in [1.807, 2.05) is 0 Å². The molecule has 25 heavy (non-hydrogen) atoms. The summed E-state index contributed by atoms with van der Waals surface area (Å²) >= 11 is 0. The van der Waals surface area contributed by atoms with Crippen molar-refractivity contribution in [3.8, 4) is 0 Å². The molecule has 0 aromatic heterocycles. The zero-order valence-corrected chi connectivity index (χ0v) is 16.1. The van der Waals surface area contributed by atoms with Crippen LogP contribution in [0.1, 0.15) is 43.7 Å². The smallest absolute Gasteiger partial charge is 0.220 e. The Hall–Kier alpha value is -1.39. The molecule has 1 amide bonds. The molecule has 1 aromatic carbocycles. The summed E-state index contributed by atoms with van der Waals surface area (Å²) < 4.78 is 0. The summed E-state index contributed by atoms with van der Waals surface area (Å²) in [4.78, 5) is 17.4. The van der Waals surface area contributed by atoms with Crippen molar-refractivity contribution in [3.63, 3.8) is 0 Å². The number of hydrogen-bond donors (Lipinski definition) is 1. The van der Waals surface area contributed by atoms with Gasteiger partial charge in [-0.15, -0.1) is 0 Å². The first kappa shape index (κ1) is 18.4. The number of benzene rings is 1. The average molecular weight is 344 g/mol. The highest BCUT2D eigenvalue weighted by atomic mass is 16.1. The van der Waals surface area contributed by atoms with Crippen molar-refractivity contribution >= 4 is 5.91 Å². The van der Waals surface area contributed by atoms with Gasteiger partial charge in [0.25, 0.3) is 0 Å². The minimum absolute atomic E-state index is 0.0280. The van der Waals surface area contributed by atoms with E-state index in [0.29, 0.717) is 12.5 Å². The molecule has 1 heterocycles. The Balaban J connectivity index is 1.44. The lowest BCUT2D eigenvalue weighted by molar-refractivity contribution is -0.122. The third-order valence-corrected chi connectivity index (χ3v) is 6.00. The summed E-state index contributed by atoms with van der Waals surface area (Å²) in [5, 5.41) is 3.34. The Labute approximate surface area is 152 Å². The molecular weight excluding hydrogens is 310 g/mol. The normalized spacial score (nSPS) is 21.7. The summed E-state index contributed by atoms with van der Waals surface area (Å²) in [7, 11) is 2.18. The standard InChI is InChI=1S/C21H33N3O/c1-17-6-4-5-7-19(17)16-21(10-11-21)22-20(25)9-8-18(2)24-14-12-23(3)13-15-24/h4-7,18H,8-16H2,1-3H3,(H,22,25)/t18-/m1/s1. The van der Waals surface area contributed by atoms with Crippen LogP contribution in [0.25, 0.3) is 0 Å². The van der Waals surface area contributed by atoms with Crippen LogP contribution in [0.2, 0.25) is 0 Å². The molecule has 2 aliphatic rings. The molecule has 1 atom stereocenters. The number of piperazine rings is 1. The highest BCUT2D eigenvalue weighted by Gasteiger charge is 2.43. The van der Waals surface area contributed by atoms with Crippen LogP contribution in [0.15, 0.2) is 24.3 Å². The fourth-order valence-electron chi connectivity index (χ4n) is 3.81. The number of nitrogens with one attached hydrogen (secondary N) is 1. The van der Waals surface area contributed by atoms with Gasteiger partial charge in [0.05, 0.1) is 0 Å². The lowest BCUT2D eigenvalue weighted by atomic mass is 9.99. The van der Waals surface area contributed by atoms with Gasteiger partial charge in [0.2, 0.25) is 5.91 Å². The second kappa shape index (κ2) is 7.88. The van der Waals surface area contributed by atoms with Crippen LogP contribution >= 0.6 is 0 Å². The number of aryl methyl sites for hydroxylation is 1. The topological polar surface area (TPSA) is 35.6 Å². The molecule has 4 heteroatoms. The van der Waals surface area contributed by atoms with E-state index in [1.165, 1.54) is 11.1 Å². The van der Waals surface area contributed by atoms with E-state index in [1.54, 1.807) is 0 Å². The highest BCUT2D eigenvalue weighted by molar-refractivity contribution is 5.77. The Kier molecular flexibility index (Phi) is 5.80. The van der Waals surface area contributed by atoms with E-state index in [9.17, 15) is 4.79 Å². The zero-order chi connectivity index (χ0) is 17.9. The van der Waals surface area contributed by atoms with E-state index in [-0.39, 0.29) is 11.4 Å². The van der Waals surface area contributed by atoms with Gasteiger partial charge in [-0.05, 0) is 57.7 Å². The fraction of sp³-hybridized carbons (Fsp3) is 0.667. The molecule has 4 nitrogen and oxygen atoms in total. The number of amides is 1. The summed E-state index contributed by atoms with van der Waals surface area (Å²) in [5.41, 5.74) is 2.72. The SMILES string of the molecule is Cc1ccccc1CC1(NC(=O)CC[C@@H](C)N2CCN(C)CC2)CC1. The van der Waals surface area contributed by atoms with Crippen LogP contribution in [-0.4, -0.2) is 60.5 Å². The second-order valence-corrected chi connectivity index (χ2v) is 8.16. The first-order valence-corrected chi connectivity index (χ1v) is 9.76. The van der Waals surface area contributed by atoms with Gasteiger partial charge in [0.1, 0.15) is 0 Å². The summed E-state index contributed by atoms with van der Waals surface area (Å²) in [6.07, 6.45) is 4.79. The number of likely N-dealkylation sites (N-methyl/N-ethyl adjacent to an activating group) is 1. The van der Waals surface area contributed by atoms with Crippen LogP contribution in [0.5, 0.6) is 0 Å². The monoisotopic (exact) mass is 343 g/mol. The van der Waals surface area contributed by atoms with Crippen LogP contribution in [0, 0.1) is 6.92 Å². The van der Waals surface area contributed by atoms with E-state index in [0.717, 1.165) is 51.9 Å². The third-order valence-electron chi connectivity index (χ3n) is 6.00. The number of nitrogens with zero attached hydrogens (tertiary/aromatic N) is 2. The maximum absolute atomic E-state index is 12.5. The largest absolute Gasteiger partial charge is 0.350 e. The van der Waals surface area contributed by atoms with Crippen molar-refractivity contribution < 1.29 is 4.79 Å². The Bertz CT molecular complexity index is 589. The fourth-order valence-corrected chi connectivity index (χ4v) is 3.81. The average Bonchev–Trinajstić information content (AvgIpc) is 3.34. The van der Waals surface area contributed by atoms with Gasteiger partial charge in [0.15, 0.2) is 0 Å². The van der Waals surface area contributed by atoms with Gasteiger partial charge in [0, 0.05) is 44.2 Å². The number of rotatable bonds is 7. The summed E-state index contributed by atoms with van der Waals surface area (Å²) in [6, 6.07) is 9.02. The Morgan fingerprint density at radius 2 is 1.88 bits per heavy atom. The summed E-state index contributed by atoms with van der Waals surface area (Å²) in [5.74, 6) is 0.229. The molecule has 1 saturated heterocycles. The van der Waals surface area contributed by atoms with Crippen molar-refractivity contribution in [2.75, 3.05) is 33.2 Å². The minimum Gasteiger partial charge on any atom is -0.350 e. The molecule has 0 unspecified atom stereocenters. The molecule has 0 bridgehead atoms. The van der Waals surface area contributed by atoms with Gasteiger partial charge >= 0.3 is 0 Å². The lowest BCUT2D eigenvalue weighted by Crippen LogP contribution is -2.48. The molecule has 138 valence electrons. The van der Waals surface area contributed by atoms with Gasteiger partial charge in [-0.2, -0.15) is 0 Å². The molecular formula is C21H33N3O. The Morgan fingerprint density at radius 3 is 2.52 bits per heavy atom. The quantitative estimate of drug-likeness (QED) is 0.827. The van der Waals surface area contributed by atoms with Crippen molar-refractivity contribution in [2.45, 2.75) is 57.5 Å². The maximum Gasteiger partial charge on any atom is 0.220 e. The van der Waals surface area contributed by atoms with Gasteiger partial charge in [-0.3, -0.25) is 9.69 Å². The lowest BCUT2D eigenvalue weighted by Gasteiger charge is -2.36. The molecule has 1 N–H and O–H groups in total. The summed E-state index contributed by atoms with van der Waals surface area (Å²) in [6.45, 7) is 8.93.